The number of carbonyl (C=O) groups is 1. The van der Waals surface area contributed by atoms with Crippen molar-refractivity contribution in [3.05, 3.63) is 77.9 Å². The quantitative estimate of drug-likeness (QED) is 0.683. The number of carbonyl (C=O) groups excluding carboxylic acids is 1. The molecule has 0 aliphatic carbocycles. The molecule has 3 nitrogen and oxygen atoms in total. The summed E-state index contributed by atoms with van der Waals surface area (Å²) >= 11 is 0. The molecule has 0 saturated heterocycles. The third kappa shape index (κ3) is 2.79. The van der Waals surface area contributed by atoms with Crippen molar-refractivity contribution in [2.45, 2.75) is 6.42 Å². The van der Waals surface area contributed by atoms with E-state index in [2.05, 4.69) is 4.98 Å². The Morgan fingerprint density at radius 2 is 1.68 bits per heavy atom. The highest BCUT2D eigenvalue weighted by molar-refractivity contribution is 5.97. The predicted molar refractivity (Wildman–Crippen MR) is 76.3 cm³/mol. The van der Waals surface area contributed by atoms with Gasteiger partial charge in [0.05, 0.1) is 12.0 Å². The number of ketones is 1. The van der Waals surface area contributed by atoms with Gasteiger partial charge in [-0.1, -0.05) is 24.3 Å². The van der Waals surface area contributed by atoms with Gasteiger partial charge in [0.25, 0.3) is 0 Å². The van der Waals surface area contributed by atoms with Gasteiger partial charge in [-0.3, -0.25) is 4.79 Å². The molecule has 0 radical (unpaired) electrons. The molecular formula is C17H11F2NO2. The molecule has 5 heteroatoms. The second kappa shape index (κ2) is 5.89. The molecule has 0 spiro atoms. The number of benzene rings is 2. The maximum Gasteiger partial charge on any atom is 0.202 e. The normalized spacial score (nSPS) is 10.6. The molecule has 3 aromatic rings. The van der Waals surface area contributed by atoms with Gasteiger partial charge < -0.3 is 4.42 Å². The lowest BCUT2D eigenvalue weighted by molar-refractivity contribution is 0.0981. The van der Waals surface area contributed by atoms with Crippen molar-refractivity contribution in [1.29, 1.82) is 0 Å². The van der Waals surface area contributed by atoms with Crippen LogP contribution < -0.4 is 0 Å². The molecule has 1 aromatic heterocycles. The van der Waals surface area contributed by atoms with Gasteiger partial charge in [0.1, 0.15) is 23.6 Å². The van der Waals surface area contributed by atoms with Crippen LogP contribution in [0.25, 0.3) is 11.3 Å². The monoisotopic (exact) mass is 299 g/mol. The first-order valence-corrected chi connectivity index (χ1v) is 6.62. The Kier molecular flexibility index (Phi) is 3.78. The molecule has 0 amide bonds. The second-order valence-corrected chi connectivity index (χ2v) is 4.69. The number of Topliss-reactive ketones (excluding diaryl/α,β-unsaturated/α-hetero) is 1. The fraction of sp³-hybridized carbons (Fsp3) is 0.0588. The summed E-state index contributed by atoms with van der Waals surface area (Å²) in [6, 6.07) is 11.8. The number of nitrogens with zero attached hydrogens (tertiary/aromatic N) is 1. The zero-order valence-electron chi connectivity index (χ0n) is 11.4. The first kappa shape index (κ1) is 14.1. The topological polar surface area (TPSA) is 43.1 Å². The zero-order chi connectivity index (χ0) is 15.5. The average Bonchev–Trinajstić information content (AvgIpc) is 2.96. The highest BCUT2D eigenvalue weighted by atomic mass is 19.1. The lowest BCUT2D eigenvalue weighted by atomic mass is 10.1. The lowest BCUT2D eigenvalue weighted by Gasteiger charge is -1.99. The smallest absolute Gasteiger partial charge is 0.202 e. The van der Waals surface area contributed by atoms with Crippen LogP contribution in [0.3, 0.4) is 0 Å². The number of hydrogen-bond donors (Lipinski definition) is 0. The van der Waals surface area contributed by atoms with E-state index in [1.807, 2.05) is 0 Å². The van der Waals surface area contributed by atoms with Crippen molar-refractivity contribution in [3.63, 3.8) is 0 Å². The lowest BCUT2D eigenvalue weighted by Crippen LogP contribution is -2.06. The highest BCUT2D eigenvalue weighted by Gasteiger charge is 2.16. The van der Waals surface area contributed by atoms with Crippen LogP contribution in [0.15, 0.2) is 59.2 Å². The SMILES string of the molecule is O=C(Cc1nc(-c2ccccc2F)co1)c1ccccc1F. The van der Waals surface area contributed by atoms with Gasteiger partial charge in [-0.2, -0.15) is 0 Å². The molecule has 2 aromatic carbocycles. The fourth-order valence-electron chi connectivity index (χ4n) is 2.10. The Morgan fingerprint density at radius 3 is 2.41 bits per heavy atom. The largest absolute Gasteiger partial charge is 0.448 e. The van der Waals surface area contributed by atoms with Gasteiger partial charge in [-0.25, -0.2) is 13.8 Å². The average molecular weight is 299 g/mol. The van der Waals surface area contributed by atoms with E-state index in [1.165, 1.54) is 30.5 Å². The van der Waals surface area contributed by atoms with Crippen LogP contribution in [0.2, 0.25) is 0 Å². The zero-order valence-corrected chi connectivity index (χ0v) is 11.4. The van der Waals surface area contributed by atoms with Gasteiger partial charge in [-0.05, 0) is 24.3 Å². The molecule has 0 atom stereocenters. The van der Waals surface area contributed by atoms with E-state index in [4.69, 9.17) is 4.42 Å². The number of rotatable bonds is 4. The first-order valence-electron chi connectivity index (χ1n) is 6.62. The van der Waals surface area contributed by atoms with E-state index in [0.29, 0.717) is 5.69 Å². The van der Waals surface area contributed by atoms with Crippen LogP contribution in [-0.2, 0) is 6.42 Å². The molecule has 0 aliphatic rings. The van der Waals surface area contributed by atoms with Crippen molar-refractivity contribution in [2.24, 2.45) is 0 Å². The van der Waals surface area contributed by atoms with Crippen LogP contribution in [0, 0.1) is 11.6 Å². The van der Waals surface area contributed by atoms with Crippen molar-refractivity contribution in [2.75, 3.05) is 0 Å². The summed E-state index contributed by atoms with van der Waals surface area (Å²) in [6.07, 6.45) is 1.10. The number of hydrogen-bond acceptors (Lipinski definition) is 3. The van der Waals surface area contributed by atoms with Crippen LogP contribution >= 0.6 is 0 Å². The Balaban J connectivity index is 1.82. The van der Waals surface area contributed by atoms with Crippen LogP contribution in [0.5, 0.6) is 0 Å². The molecule has 22 heavy (non-hydrogen) atoms. The third-order valence-electron chi connectivity index (χ3n) is 3.19. The van der Waals surface area contributed by atoms with Gasteiger partial charge >= 0.3 is 0 Å². The van der Waals surface area contributed by atoms with Crippen molar-refractivity contribution < 1.29 is 18.0 Å². The van der Waals surface area contributed by atoms with Gasteiger partial charge in [0, 0.05) is 5.56 Å². The minimum atomic E-state index is -0.589. The Labute approximate surface area is 125 Å². The van der Waals surface area contributed by atoms with Gasteiger partial charge in [-0.15, -0.1) is 0 Å². The Hall–Kier alpha value is -2.82. The van der Waals surface area contributed by atoms with Crippen LogP contribution in [-0.4, -0.2) is 10.8 Å². The van der Waals surface area contributed by atoms with E-state index in [0.717, 1.165) is 0 Å². The molecule has 0 bridgehead atoms. The summed E-state index contributed by atoms with van der Waals surface area (Å²) in [5.74, 6) is -1.34. The number of oxazole rings is 1. The molecule has 0 aliphatic heterocycles. The van der Waals surface area contributed by atoms with Gasteiger partial charge in [0.15, 0.2) is 5.78 Å². The maximum absolute atomic E-state index is 13.7. The number of halogens is 2. The summed E-state index contributed by atoms with van der Waals surface area (Å²) < 4.78 is 32.4. The summed E-state index contributed by atoms with van der Waals surface area (Å²) in [5, 5.41) is 0. The van der Waals surface area contributed by atoms with Gasteiger partial charge in [0.2, 0.25) is 5.89 Å². The van der Waals surface area contributed by atoms with Crippen molar-refractivity contribution in [3.8, 4) is 11.3 Å². The fourth-order valence-corrected chi connectivity index (χ4v) is 2.10. The standard InChI is InChI=1S/C17H11F2NO2/c18-13-7-3-1-5-11(13)15-10-22-17(20-15)9-16(21)12-6-2-4-8-14(12)19/h1-8,10H,9H2. The predicted octanol–water partition coefficient (Wildman–Crippen LogP) is 4.05. The van der Waals surface area contributed by atoms with Crippen molar-refractivity contribution in [1.82, 2.24) is 4.98 Å². The summed E-state index contributed by atoms with van der Waals surface area (Å²) in [7, 11) is 0. The minimum absolute atomic E-state index is 0.0202. The van der Waals surface area contributed by atoms with Crippen LogP contribution in [0.1, 0.15) is 16.2 Å². The molecule has 1 heterocycles. The highest BCUT2D eigenvalue weighted by Crippen LogP contribution is 2.22. The van der Waals surface area contributed by atoms with E-state index in [1.54, 1.807) is 24.3 Å². The molecule has 3 rings (SSSR count). The molecule has 0 saturated carbocycles. The van der Waals surface area contributed by atoms with E-state index >= 15 is 0 Å². The summed E-state index contributed by atoms with van der Waals surface area (Å²) in [4.78, 5) is 16.1. The summed E-state index contributed by atoms with van der Waals surface area (Å²) in [6.45, 7) is 0. The summed E-state index contributed by atoms with van der Waals surface area (Å²) in [5.41, 5.74) is 0.568. The molecule has 0 fully saturated rings. The Bertz CT molecular complexity index is 827. The van der Waals surface area contributed by atoms with E-state index in [9.17, 15) is 13.6 Å². The van der Waals surface area contributed by atoms with E-state index in [-0.39, 0.29) is 23.4 Å². The number of aromatic nitrogens is 1. The Morgan fingerprint density at radius 1 is 1.00 bits per heavy atom. The second-order valence-electron chi connectivity index (χ2n) is 4.69. The van der Waals surface area contributed by atoms with E-state index < -0.39 is 17.4 Å². The maximum atomic E-state index is 13.7. The molecule has 110 valence electrons. The molecular weight excluding hydrogens is 288 g/mol. The first-order chi connectivity index (χ1) is 10.6. The molecule has 0 N–H and O–H groups in total. The minimum Gasteiger partial charge on any atom is -0.448 e. The third-order valence-corrected chi connectivity index (χ3v) is 3.19. The van der Waals surface area contributed by atoms with Crippen molar-refractivity contribution >= 4 is 5.78 Å². The molecule has 0 unspecified atom stereocenters. The van der Waals surface area contributed by atoms with Crippen LogP contribution in [0.4, 0.5) is 8.78 Å².